The standard InChI is InChI=1S/C23H34N4O/c1-5-10-27-14-16(25-22(28)9-11-26(3)4)12-19-17-7-6-8-20-23(17)18(13-21(19)27)15(2)24-20/h6-8,16,19,21,24H,5,9-14H2,1-4H3,(H,25,28)/t16-,19+,21+/m0/s1. The monoisotopic (exact) mass is 382 g/mol. The normalized spacial score (nSPS) is 24.5. The van der Waals surface area contributed by atoms with Crippen molar-refractivity contribution in [1.82, 2.24) is 20.1 Å². The number of nitrogens with one attached hydrogen (secondary N) is 2. The lowest BCUT2D eigenvalue weighted by atomic mass is 9.73. The van der Waals surface area contributed by atoms with Crippen LogP contribution in [0.15, 0.2) is 18.2 Å². The molecule has 152 valence electrons. The Morgan fingerprint density at radius 1 is 1.36 bits per heavy atom. The summed E-state index contributed by atoms with van der Waals surface area (Å²) in [5.74, 6) is 0.673. The van der Waals surface area contributed by atoms with Crippen molar-refractivity contribution in [3.05, 3.63) is 35.0 Å². The number of rotatable bonds is 6. The van der Waals surface area contributed by atoms with Crippen molar-refractivity contribution in [2.75, 3.05) is 33.7 Å². The molecule has 1 fully saturated rings. The Bertz CT molecular complexity index is 856. The second-order valence-corrected chi connectivity index (χ2v) is 8.92. The molecule has 1 aromatic heterocycles. The van der Waals surface area contributed by atoms with E-state index in [1.165, 1.54) is 27.7 Å². The summed E-state index contributed by atoms with van der Waals surface area (Å²) in [6.07, 6.45) is 3.88. The van der Waals surface area contributed by atoms with Gasteiger partial charge in [0.15, 0.2) is 0 Å². The number of aryl methyl sites for hydroxylation is 1. The van der Waals surface area contributed by atoms with Gasteiger partial charge in [-0.3, -0.25) is 9.69 Å². The van der Waals surface area contributed by atoms with Crippen molar-refractivity contribution in [2.24, 2.45) is 0 Å². The van der Waals surface area contributed by atoms with Gasteiger partial charge in [-0.15, -0.1) is 0 Å². The van der Waals surface area contributed by atoms with Crippen LogP contribution in [0.5, 0.6) is 0 Å². The van der Waals surface area contributed by atoms with Crippen LogP contribution in [0.2, 0.25) is 0 Å². The molecule has 1 saturated heterocycles. The number of hydrogen-bond acceptors (Lipinski definition) is 3. The van der Waals surface area contributed by atoms with E-state index in [2.05, 4.69) is 52.1 Å². The van der Waals surface area contributed by atoms with Crippen LogP contribution >= 0.6 is 0 Å². The lowest BCUT2D eigenvalue weighted by molar-refractivity contribution is -0.122. The molecule has 5 nitrogen and oxygen atoms in total. The van der Waals surface area contributed by atoms with E-state index < -0.39 is 0 Å². The molecule has 2 aromatic rings. The zero-order valence-corrected chi connectivity index (χ0v) is 17.7. The summed E-state index contributed by atoms with van der Waals surface area (Å²) in [6.45, 7) is 7.33. The van der Waals surface area contributed by atoms with Gasteiger partial charge in [0.25, 0.3) is 0 Å². The number of H-pyrrole nitrogens is 1. The number of benzene rings is 1. The Morgan fingerprint density at radius 2 is 2.18 bits per heavy atom. The smallest absolute Gasteiger partial charge is 0.221 e. The average molecular weight is 383 g/mol. The molecule has 0 bridgehead atoms. The number of amides is 1. The Labute approximate surface area is 168 Å². The van der Waals surface area contributed by atoms with Crippen LogP contribution < -0.4 is 5.32 Å². The first kappa shape index (κ1) is 19.5. The van der Waals surface area contributed by atoms with E-state index >= 15 is 0 Å². The lowest BCUT2D eigenvalue weighted by Gasteiger charge is -2.47. The van der Waals surface area contributed by atoms with Crippen molar-refractivity contribution >= 4 is 16.8 Å². The number of nitrogens with zero attached hydrogens (tertiary/aromatic N) is 2. The number of hydrogen-bond donors (Lipinski definition) is 2. The fraction of sp³-hybridized carbons (Fsp3) is 0.609. The van der Waals surface area contributed by atoms with Crippen LogP contribution in [0.25, 0.3) is 10.9 Å². The van der Waals surface area contributed by atoms with Crippen LogP contribution in [0.3, 0.4) is 0 Å². The SMILES string of the molecule is CCCN1C[C@@H](NC(=O)CCN(C)C)C[C@@H]2c3cccc4[nH]c(C)c(c34)C[C@H]21. The first-order valence-electron chi connectivity index (χ1n) is 10.8. The maximum Gasteiger partial charge on any atom is 0.221 e. The predicted octanol–water partition coefficient (Wildman–Crippen LogP) is 3.04. The lowest BCUT2D eigenvalue weighted by Crippen LogP contribution is -2.56. The fourth-order valence-corrected chi connectivity index (χ4v) is 5.34. The fourth-order valence-electron chi connectivity index (χ4n) is 5.34. The van der Waals surface area contributed by atoms with Crippen LogP contribution in [0.4, 0.5) is 0 Å². The summed E-state index contributed by atoms with van der Waals surface area (Å²) in [5, 5.41) is 4.78. The minimum Gasteiger partial charge on any atom is -0.358 e. The highest BCUT2D eigenvalue weighted by atomic mass is 16.1. The van der Waals surface area contributed by atoms with Gasteiger partial charge in [-0.25, -0.2) is 0 Å². The molecule has 2 aliphatic rings. The zero-order chi connectivity index (χ0) is 19.8. The largest absolute Gasteiger partial charge is 0.358 e. The van der Waals surface area contributed by atoms with Crippen molar-refractivity contribution in [3.63, 3.8) is 0 Å². The van der Waals surface area contributed by atoms with E-state index in [4.69, 9.17) is 0 Å². The topological polar surface area (TPSA) is 51.4 Å². The molecule has 1 aliphatic carbocycles. The van der Waals surface area contributed by atoms with Crippen LogP contribution in [-0.4, -0.2) is 66.5 Å². The maximum atomic E-state index is 12.5. The number of fused-ring (bicyclic) bond motifs is 2. The minimum atomic E-state index is 0.181. The summed E-state index contributed by atoms with van der Waals surface area (Å²) >= 11 is 0. The number of carbonyl (C=O) groups is 1. The molecule has 0 unspecified atom stereocenters. The van der Waals surface area contributed by atoms with Crippen molar-refractivity contribution in [2.45, 2.75) is 57.5 Å². The molecule has 1 aliphatic heterocycles. The molecular weight excluding hydrogens is 348 g/mol. The van der Waals surface area contributed by atoms with E-state index in [-0.39, 0.29) is 11.9 Å². The van der Waals surface area contributed by atoms with E-state index in [0.29, 0.717) is 18.4 Å². The first-order chi connectivity index (χ1) is 13.5. The summed E-state index contributed by atoms with van der Waals surface area (Å²) < 4.78 is 0. The number of piperidine rings is 1. The van der Waals surface area contributed by atoms with Gasteiger partial charge in [-0.1, -0.05) is 19.1 Å². The Morgan fingerprint density at radius 3 is 2.93 bits per heavy atom. The molecule has 0 spiro atoms. The number of carbonyl (C=O) groups excluding carboxylic acids is 1. The highest BCUT2D eigenvalue weighted by Crippen LogP contribution is 2.44. The zero-order valence-electron chi connectivity index (χ0n) is 17.7. The van der Waals surface area contributed by atoms with Crippen molar-refractivity contribution in [3.8, 4) is 0 Å². The molecule has 0 radical (unpaired) electrons. The summed E-state index contributed by atoms with van der Waals surface area (Å²) in [7, 11) is 4.03. The second kappa shape index (κ2) is 7.88. The molecule has 1 amide bonds. The third-order valence-electron chi connectivity index (χ3n) is 6.57. The van der Waals surface area contributed by atoms with Gasteiger partial charge in [-0.05, 0) is 64.0 Å². The highest BCUT2D eigenvalue weighted by molar-refractivity contribution is 5.89. The second-order valence-electron chi connectivity index (χ2n) is 8.92. The highest BCUT2D eigenvalue weighted by Gasteiger charge is 2.41. The molecule has 1 aromatic carbocycles. The Hall–Kier alpha value is -1.85. The van der Waals surface area contributed by atoms with Gasteiger partial charge in [-0.2, -0.15) is 0 Å². The molecule has 2 heterocycles. The van der Waals surface area contributed by atoms with Crippen molar-refractivity contribution in [1.29, 1.82) is 0 Å². The van der Waals surface area contributed by atoms with Gasteiger partial charge in [0.05, 0.1) is 0 Å². The van der Waals surface area contributed by atoms with E-state index in [1.807, 2.05) is 14.1 Å². The number of aromatic amines is 1. The number of likely N-dealkylation sites (tertiary alicyclic amines) is 1. The molecular formula is C23H34N4O. The third-order valence-corrected chi connectivity index (χ3v) is 6.57. The number of aromatic nitrogens is 1. The van der Waals surface area contributed by atoms with E-state index in [1.54, 1.807) is 0 Å². The van der Waals surface area contributed by atoms with Crippen LogP contribution in [0, 0.1) is 6.92 Å². The summed E-state index contributed by atoms with van der Waals surface area (Å²) in [4.78, 5) is 20.8. The maximum absolute atomic E-state index is 12.5. The van der Waals surface area contributed by atoms with Crippen LogP contribution in [-0.2, 0) is 11.2 Å². The van der Waals surface area contributed by atoms with Gasteiger partial charge in [0, 0.05) is 54.1 Å². The first-order valence-corrected chi connectivity index (χ1v) is 10.8. The molecule has 3 atom stereocenters. The van der Waals surface area contributed by atoms with E-state index in [9.17, 15) is 4.79 Å². The predicted molar refractivity (Wildman–Crippen MR) is 115 cm³/mol. The van der Waals surface area contributed by atoms with Crippen molar-refractivity contribution < 1.29 is 4.79 Å². The van der Waals surface area contributed by atoms with Crippen LogP contribution in [0.1, 0.15) is 48.9 Å². The van der Waals surface area contributed by atoms with Gasteiger partial charge < -0.3 is 15.2 Å². The van der Waals surface area contributed by atoms with E-state index in [0.717, 1.165) is 38.9 Å². The quantitative estimate of drug-likeness (QED) is 0.807. The Kier molecular flexibility index (Phi) is 5.48. The summed E-state index contributed by atoms with van der Waals surface area (Å²) in [5.41, 5.74) is 5.56. The average Bonchev–Trinajstić information content (AvgIpc) is 2.98. The minimum absolute atomic E-state index is 0.181. The van der Waals surface area contributed by atoms with Gasteiger partial charge in [0.2, 0.25) is 5.91 Å². The van der Waals surface area contributed by atoms with Gasteiger partial charge in [0.1, 0.15) is 0 Å². The molecule has 4 rings (SSSR count). The molecule has 28 heavy (non-hydrogen) atoms. The van der Waals surface area contributed by atoms with Gasteiger partial charge >= 0.3 is 0 Å². The molecule has 0 saturated carbocycles. The molecule has 2 N–H and O–H groups in total. The Balaban J connectivity index is 1.60. The third kappa shape index (κ3) is 3.58. The molecule has 5 heteroatoms. The summed E-state index contributed by atoms with van der Waals surface area (Å²) in [6, 6.07) is 7.48.